The monoisotopic (exact) mass is 318 g/mol. The van der Waals surface area contributed by atoms with Crippen molar-refractivity contribution in [2.24, 2.45) is 5.73 Å². The van der Waals surface area contributed by atoms with Crippen LogP contribution in [-0.4, -0.2) is 27.0 Å². The van der Waals surface area contributed by atoms with Crippen molar-refractivity contribution in [3.63, 3.8) is 0 Å². The first kappa shape index (κ1) is 17.8. The van der Waals surface area contributed by atoms with E-state index in [-0.39, 0.29) is 11.3 Å². The molecule has 1 amide bonds. The smallest absolute Gasteiger partial charge is 0.402 e. The molecule has 4 N–H and O–H groups in total. The molecule has 8 nitrogen and oxygen atoms in total. The van der Waals surface area contributed by atoms with E-state index in [0.717, 1.165) is 0 Å². The fourth-order valence-corrected chi connectivity index (χ4v) is 1.78. The topological polar surface area (TPSA) is 144 Å². The fraction of sp³-hybridized carbons (Fsp3) is 0.0667. The van der Waals surface area contributed by atoms with Crippen LogP contribution in [0.15, 0.2) is 54.6 Å². The average molecular weight is 318 g/mol. The highest BCUT2D eigenvalue weighted by Gasteiger charge is 2.25. The standard InChI is InChI=1S/C14H11NO4.CH3NO2/c16-13(10-6-2-1-3-7-10)14(17)11-8-4-5-9-12(11)15(18)19;2-1(3)4/h1-9,13,16H;2H2,(H,3,4). The molecule has 0 saturated carbocycles. The van der Waals surface area contributed by atoms with Gasteiger partial charge in [0.1, 0.15) is 6.10 Å². The zero-order valence-electron chi connectivity index (χ0n) is 11.8. The Labute approximate surface area is 130 Å². The molecule has 0 aromatic heterocycles. The van der Waals surface area contributed by atoms with Gasteiger partial charge in [0.2, 0.25) is 5.78 Å². The number of benzene rings is 2. The van der Waals surface area contributed by atoms with Crippen molar-refractivity contribution in [2.45, 2.75) is 6.10 Å². The predicted molar refractivity (Wildman–Crippen MR) is 81.0 cm³/mol. The first-order valence-electron chi connectivity index (χ1n) is 6.33. The molecule has 1 unspecified atom stereocenters. The van der Waals surface area contributed by atoms with Crippen molar-refractivity contribution in [3.8, 4) is 0 Å². The number of primary amides is 1. The molecule has 0 aliphatic heterocycles. The summed E-state index contributed by atoms with van der Waals surface area (Å²) < 4.78 is 0. The zero-order valence-corrected chi connectivity index (χ0v) is 11.8. The first-order chi connectivity index (χ1) is 10.8. The lowest BCUT2D eigenvalue weighted by Crippen LogP contribution is -2.13. The van der Waals surface area contributed by atoms with Gasteiger partial charge in [-0.15, -0.1) is 0 Å². The van der Waals surface area contributed by atoms with Crippen LogP contribution in [0.2, 0.25) is 0 Å². The van der Waals surface area contributed by atoms with Gasteiger partial charge in [0.05, 0.1) is 10.5 Å². The van der Waals surface area contributed by atoms with Crippen LogP contribution in [0.4, 0.5) is 10.5 Å². The van der Waals surface area contributed by atoms with Gasteiger partial charge in [-0.05, 0) is 11.6 Å². The molecule has 1 atom stereocenters. The lowest BCUT2D eigenvalue weighted by molar-refractivity contribution is -0.385. The lowest BCUT2D eigenvalue weighted by Gasteiger charge is -2.09. The Kier molecular flexibility index (Phi) is 6.38. The van der Waals surface area contributed by atoms with Crippen molar-refractivity contribution in [3.05, 3.63) is 75.8 Å². The second-order valence-electron chi connectivity index (χ2n) is 4.29. The summed E-state index contributed by atoms with van der Waals surface area (Å²) in [6.45, 7) is 0. The Bertz CT molecular complexity index is 698. The summed E-state index contributed by atoms with van der Waals surface area (Å²) in [7, 11) is 0. The highest BCUT2D eigenvalue weighted by atomic mass is 16.6. The molecule has 0 fully saturated rings. The number of nitro groups is 1. The SMILES string of the molecule is NC(=O)O.O=C(c1ccccc1[N+](=O)[O-])C(O)c1ccccc1. The molecular weight excluding hydrogens is 304 g/mol. The van der Waals surface area contributed by atoms with Crippen molar-refractivity contribution < 1.29 is 24.7 Å². The molecule has 0 aliphatic rings. The van der Waals surface area contributed by atoms with Gasteiger partial charge >= 0.3 is 6.09 Å². The van der Waals surface area contributed by atoms with Crippen molar-refractivity contribution in [1.29, 1.82) is 0 Å². The number of aliphatic hydroxyl groups is 1. The fourth-order valence-electron chi connectivity index (χ4n) is 1.78. The Morgan fingerprint density at radius 1 is 1.04 bits per heavy atom. The number of para-hydroxylation sites is 1. The number of hydrogen-bond acceptors (Lipinski definition) is 5. The van der Waals surface area contributed by atoms with Crippen LogP contribution in [0.25, 0.3) is 0 Å². The summed E-state index contributed by atoms with van der Waals surface area (Å²) in [5.41, 5.74) is 4.04. The molecule has 23 heavy (non-hydrogen) atoms. The molecule has 0 heterocycles. The normalized spacial score (nSPS) is 10.8. The summed E-state index contributed by atoms with van der Waals surface area (Å²) in [5.74, 6) is -0.682. The molecule has 2 aromatic carbocycles. The van der Waals surface area contributed by atoms with E-state index in [4.69, 9.17) is 9.90 Å². The number of amides is 1. The van der Waals surface area contributed by atoms with Crippen LogP contribution in [0.5, 0.6) is 0 Å². The number of rotatable bonds is 4. The number of carbonyl (C=O) groups excluding carboxylic acids is 1. The van der Waals surface area contributed by atoms with Crippen molar-refractivity contribution in [1.82, 2.24) is 0 Å². The number of carbonyl (C=O) groups is 2. The number of ketones is 1. The van der Waals surface area contributed by atoms with Crippen LogP contribution in [-0.2, 0) is 0 Å². The van der Waals surface area contributed by atoms with Gasteiger partial charge in [-0.3, -0.25) is 14.9 Å². The van der Waals surface area contributed by atoms with Gasteiger partial charge < -0.3 is 15.9 Å². The highest BCUT2D eigenvalue weighted by molar-refractivity contribution is 6.03. The molecule has 0 saturated heterocycles. The van der Waals surface area contributed by atoms with Gasteiger partial charge in [-0.25, -0.2) is 4.79 Å². The number of nitro benzene ring substituents is 1. The maximum absolute atomic E-state index is 12.1. The quantitative estimate of drug-likeness (QED) is 0.447. The molecule has 0 bridgehead atoms. The van der Waals surface area contributed by atoms with E-state index in [0.29, 0.717) is 5.56 Å². The minimum atomic E-state index is -1.40. The highest BCUT2D eigenvalue weighted by Crippen LogP contribution is 2.24. The minimum Gasteiger partial charge on any atom is -0.465 e. The average Bonchev–Trinajstić information content (AvgIpc) is 2.53. The molecule has 0 spiro atoms. The molecule has 0 aliphatic carbocycles. The third-order valence-corrected chi connectivity index (χ3v) is 2.73. The second-order valence-corrected chi connectivity index (χ2v) is 4.29. The Morgan fingerprint density at radius 3 is 2.04 bits per heavy atom. The van der Waals surface area contributed by atoms with Crippen LogP contribution in [0.3, 0.4) is 0 Å². The van der Waals surface area contributed by atoms with Crippen LogP contribution >= 0.6 is 0 Å². The Morgan fingerprint density at radius 2 is 1.52 bits per heavy atom. The van der Waals surface area contributed by atoms with Gasteiger partial charge in [-0.2, -0.15) is 0 Å². The summed E-state index contributed by atoms with van der Waals surface area (Å²) in [6.07, 6.45) is -2.73. The predicted octanol–water partition coefficient (Wildman–Crippen LogP) is 2.13. The largest absolute Gasteiger partial charge is 0.465 e. The zero-order chi connectivity index (χ0) is 17.4. The molecule has 8 heteroatoms. The van der Waals surface area contributed by atoms with Crippen LogP contribution in [0.1, 0.15) is 22.0 Å². The molecule has 2 aromatic rings. The van der Waals surface area contributed by atoms with Crippen LogP contribution < -0.4 is 5.73 Å². The van der Waals surface area contributed by atoms with E-state index in [1.165, 1.54) is 24.3 Å². The lowest BCUT2D eigenvalue weighted by atomic mass is 9.99. The number of hydrogen-bond donors (Lipinski definition) is 3. The molecule has 120 valence electrons. The third-order valence-electron chi connectivity index (χ3n) is 2.73. The van der Waals surface area contributed by atoms with E-state index >= 15 is 0 Å². The maximum Gasteiger partial charge on any atom is 0.402 e. The van der Waals surface area contributed by atoms with E-state index in [1.54, 1.807) is 30.3 Å². The van der Waals surface area contributed by atoms with Gasteiger partial charge in [0, 0.05) is 6.07 Å². The first-order valence-corrected chi connectivity index (χ1v) is 6.33. The van der Waals surface area contributed by atoms with E-state index in [2.05, 4.69) is 5.73 Å². The summed E-state index contributed by atoms with van der Waals surface area (Å²) in [6, 6.07) is 13.9. The Balaban J connectivity index is 0.000000593. The molecular formula is C15H14N2O6. The van der Waals surface area contributed by atoms with Gasteiger partial charge in [0.15, 0.2) is 0 Å². The minimum absolute atomic E-state index is 0.0937. The molecule has 0 radical (unpaired) electrons. The summed E-state index contributed by atoms with van der Waals surface area (Å²) >= 11 is 0. The third kappa shape index (κ3) is 5.21. The van der Waals surface area contributed by atoms with E-state index in [9.17, 15) is 20.0 Å². The van der Waals surface area contributed by atoms with Gasteiger partial charge in [0.25, 0.3) is 5.69 Å². The van der Waals surface area contributed by atoms with Crippen LogP contribution in [0, 0.1) is 10.1 Å². The molecule has 2 rings (SSSR count). The van der Waals surface area contributed by atoms with E-state index in [1.807, 2.05) is 0 Å². The van der Waals surface area contributed by atoms with Gasteiger partial charge in [-0.1, -0.05) is 42.5 Å². The number of aliphatic hydroxyl groups excluding tert-OH is 1. The number of nitrogens with zero attached hydrogens (tertiary/aromatic N) is 1. The number of carboxylic acid groups (broad SMARTS) is 1. The summed E-state index contributed by atoms with van der Waals surface area (Å²) in [4.78, 5) is 31.1. The van der Waals surface area contributed by atoms with Crippen molar-refractivity contribution >= 4 is 17.6 Å². The number of Topliss-reactive ketones (excluding diaryl/α,β-unsaturated/α-hetero) is 1. The summed E-state index contributed by atoms with van der Waals surface area (Å²) in [5, 5.41) is 28.0. The van der Waals surface area contributed by atoms with Crippen molar-refractivity contribution in [2.75, 3.05) is 0 Å². The Hall–Kier alpha value is -3.26. The second kappa shape index (κ2) is 8.25. The number of nitrogens with two attached hydrogens (primary N) is 1. The maximum atomic E-state index is 12.1. The van der Waals surface area contributed by atoms with E-state index < -0.39 is 22.9 Å².